The van der Waals surface area contributed by atoms with E-state index in [1.807, 2.05) is 13.8 Å². The number of hydrogen-bond acceptors (Lipinski definition) is 4. The average molecular weight is 371 g/mol. The van der Waals surface area contributed by atoms with Gasteiger partial charge in [0.1, 0.15) is 0 Å². The van der Waals surface area contributed by atoms with Gasteiger partial charge in [-0.05, 0) is 30.7 Å². The van der Waals surface area contributed by atoms with Crippen molar-refractivity contribution in [1.82, 2.24) is 14.7 Å². The lowest BCUT2D eigenvalue weighted by molar-refractivity contribution is -0.138. The number of carbonyl (C=O) groups is 2. The number of piperidine rings is 1. The molecule has 0 spiro atoms. The quantitative estimate of drug-likeness (QED) is 0.871. The van der Waals surface area contributed by atoms with Crippen LogP contribution in [0.3, 0.4) is 0 Å². The molecule has 1 amide bonds. The van der Waals surface area contributed by atoms with Crippen molar-refractivity contribution >= 4 is 22.6 Å². The number of rotatable bonds is 5. The third kappa shape index (κ3) is 4.18. The lowest BCUT2D eigenvalue weighted by Crippen LogP contribution is -2.40. The predicted octanol–water partition coefficient (Wildman–Crippen LogP) is 2.38. The van der Waals surface area contributed by atoms with E-state index in [0.29, 0.717) is 48.9 Å². The van der Waals surface area contributed by atoms with Gasteiger partial charge in [-0.3, -0.25) is 14.4 Å². The molecule has 2 aromatic rings. The first-order chi connectivity index (χ1) is 12.9. The molecule has 1 fully saturated rings. The number of nitrogens with zero attached hydrogens (tertiary/aromatic N) is 3. The van der Waals surface area contributed by atoms with Gasteiger partial charge < -0.3 is 10.0 Å². The van der Waals surface area contributed by atoms with Crippen molar-refractivity contribution in [3.63, 3.8) is 0 Å². The van der Waals surface area contributed by atoms with Crippen LogP contribution < -0.4 is 5.56 Å². The number of carbonyl (C=O) groups excluding carboxylic acids is 1. The minimum absolute atomic E-state index is 0.103. The number of carboxylic acid groups (broad SMARTS) is 1. The minimum atomic E-state index is -0.798. The summed E-state index contributed by atoms with van der Waals surface area (Å²) in [5, 5.41) is 14.4. The molecule has 2 heterocycles. The van der Waals surface area contributed by atoms with Crippen molar-refractivity contribution < 1.29 is 14.7 Å². The Morgan fingerprint density at radius 2 is 1.81 bits per heavy atom. The summed E-state index contributed by atoms with van der Waals surface area (Å²) in [7, 11) is 0. The van der Waals surface area contributed by atoms with Gasteiger partial charge in [0.05, 0.1) is 5.39 Å². The standard InChI is InChI=1S/C20H25N3O4/c1-13(2)12-23-19(26)16-6-4-3-5-15(16)18(21-23)20(27)22-9-7-14(8-10-22)11-17(24)25/h3-6,13-14H,7-12H2,1-2H3,(H,24,25). The van der Waals surface area contributed by atoms with E-state index < -0.39 is 5.97 Å². The number of carboxylic acids is 1. The number of hydrogen-bond donors (Lipinski definition) is 1. The van der Waals surface area contributed by atoms with Gasteiger partial charge in [0, 0.05) is 31.4 Å². The average Bonchev–Trinajstić information content (AvgIpc) is 2.63. The van der Waals surface area contributed by atoms with Crippen LogP contribution in [0.4, 0.5) is 0 Å². The first-order valence-corrected chi connectivity index (χ1v) is 9.37. The zero-order chi connectivity index (χ0) is 19.6. The van der Waals surface area contributed by atoms with Crippen molar-refractivity contribution in [2.45, 2.75) is 39.7 Å². The SMILES string of the molecule is CC(C)Cn1nc(C(=O)N2CCC(CC(=O)O)CC2)c2ccccc2c1=O. The highest BCUT2D eigenvalue weighted by molar-refractivity contribution is 6.04. The van der Waals surface area contributed by atoms with Crippen LogP contribution in [0.25, 0.3) is 10.8 Å². The third-order valence-electron chi connectivity index (χ3n) is 4.97. The Kier molecular flexibility index (Phi) is 5.58. The molecule has 0 atom stereocenters. The topological polar surface area (TPSA) is 92.5 Å². The lowest BCUT2D eigenvalue weighted by atomic mass is 9.93. The summed E-state index contributed by atoms with van der Waals surface area (Å²) >= 11 is 0. The molecule has 144 valence electrons. The molecule has 0 unspecified atom stereocenters. The lowest BCUT2D eigenvalue weighted by Gasteiger charge is -2.31. The Balaban J connectivity index is 1.91. The highest BCUT2D eigenvalue weighted by atomic mass is 16.4. The van der Waals surface area contributed by atoms with Crippen LogP contribution in [0.1, 0.15) is 43.6 Å². The van der Waals surface area contributed by atoms with Gasteiger partial charge in [-0.25, -0.2) is 4.68 Å². The highest BCUT2D eigenvalue weighted by Crippen LogP contribution is 2.23. The van der Waals surface area contributed by atoms with Gasteiger partial charge in [-0.1, -0.05) is 32.0 Å². The van der Waals surface area contributed by atoms with E-state index in [2.05, 4.69) is 5.10 Å². The van der Waals surface area contributed by atoms with E-state index >= 15 is 0 Å². The number of aromatic nitrogens is 2. The van der Waals surface area contributed by atoms with Crippen LogP contribution in [0.15, 0.2) is 29.1 Å². The second-order valence-corrected chi connectivity index (χ2v) is 7.61. The molecular formula is C20H25N3O4. The fourth-order valence-electron chi connectivity index (χ4n) is 3.60. The van der Waals surface area contributed by atoms with Crippen LogP contribution in [0.5, 0.6) is 0 Å². The van der Waals surface area contributed by atoms with Gasteiger partial charge >= 0.3 is 5.97 Å². The van der Waals surface area contributed by atoms with Crippen molar-refractivity contribution in [2.24, 2.45) is 11.8 Å². The van der Waals surface area contributed by atoms with Crippen molar-refractivity contribution in [3.05, 3.63) is 40.3 Å². The Morgan fingerprint density at radius 1 is 1.19 bits per heavy atom. The molecule has 27 heavy (non-hydrogen) atoms. The number of likely N-dealkylation sites (tertiary alicyclic amines) is 1. The normalized spacial score (nSPS) is 15.4. The Labute approximate surface area is 157 Å². The third-order valence-corrected chi connectivity index (χ3v) is 4.97. The summed E-state index contributed by atoms with van der Waals surface area (Å²) in [6.45, 7) is 5.47. The maximum absolute atomic E-state index is 13.1. The maximum Gasteiger partial charge on any atom is 0.303 e. The van der Waals surface area contributed by atoms with Gasteiger partial charge in [-0.2, -0.15) is 5.10 Å². The molecule has 1 aromatic heterocycles. The van der Waals surface area contributed by atoms with E-state index in [0.717, 1.165) is 0 Å². The first kappa shape index (κ1) is 19.1. The van der Waals surface area contributed by atoms with Crippen LogP contribution in [0.2, 0.25) is 0 Å². The summed E-state index contributed by atoms with van der Waals surface area (Å²) in [5.74, 6) is -0.664. The summed E-state index contributed by atoms with van der Waals surface area (Å²) < 4.78 is 1.39. The van der Waals surface area contributed by atoms with Crippen molar-refractivity contribution in [2.75, 3.05) is 13.1 Å². The molecule has 0 bridgehead atoms. The molecule has 0 aliphatic carbocycles. The smallest absolute Gasteiger partial charge is 0.303 e. The summed E-state index contributed by atoms with van der Waals surface area (Å²) in [6.07, 6.45) is 1.48. The summed E-state index contributed by atoms with van der Waals surface area (Å²) in [4.78, 5) is 38.4. The summed E-state index contributed by atoms with van der Waals surface area (Å²) in [6, 6.07) is 7.07. The van der Waals surface area contributed by atoms with E-state index in [4.69, 9.17) is 5.11 Å². The van der Waals surface area contributed by atoms with Gasteiger partial charge in [0.15, 0.2) is 5.69 Å². The van der Waals surface area contributed by atoms with E-state index in [9.17, 15) is 14.4 Å². The molecule has 1 saturated heterocycles. The largest absolute Gasteiger partial charge is 0.481 e. The maximum atomic E-state index is 13.1. The monoisotopic (exact) mass is 371 g/mol. The number of benzene rings is 1. The van der Waals surface area contributed by atoms with E-state index in [-0.39, 0.29) is 29.7 Å². The zero-order valence-corrected chi connectivity index (χ0v) is 15.7. The van der Waals surface area contributed by atoms with Gasteiger partial charge in [0.25, 0.3) is 11.5 Å². The van der Waals surface area contributed by atoms with Crippen LogP contribution in [-0.4, -0.2) is 44.8 Å². The zero-order valence-electron chi connectivity index (χ0n) is 15.7. The molecule has 3 rings (SSSR count). The molecule has 7 heteroatoms. The Hall–Kier alpha value is -2.70. The number of amides is 1. The van der Waals surface area contributed by atoms with Crippen molar-refractivity contribution in [1.29, 1.82) is 0 Å². The number of aliphatic carboxylic acids is 1. The molecule has 0 saturated carbocycles. The van der Waals surface area contributed by atoms with Crippen LogP contribution >= 0.6 is 0 Å². The van der Waals surface area contributed by atoms with Gasteiger partial charge in [-0.15, -0.1) is 0 Å². The molecule has 1 aromatic carbocycles. The van der Waals surface area contributed by atoms with Gasteiger partial charge in [0.2, 0.25) is 0 Å². The van der Waals surface area contributed by atoms with E-state index in [1.54, 1.807) is 29.2 Å². The molecule has 1 aliphatic heterocycles. The molecule has 1 N–H and O–H groups in total. The fourth-order valence-corrected chi connectivity index (χ4v) is 3.60. The summed E-state index contributed by atoms with van der Waals surface area (Å²) in [5.41, 5.74) is 0.110. The molecule has 0 radical (unpaired) electrons. The molecule has 7 nitrogen and oxygen atoms in total. The van der Waals surface area contributed by atoms with E-state index in [1.165, 1.54) is 4.68 Å². The predicted molar refractivity (Wildman–Crippen MR) is 102 cm³/mol. The van der Waals surface area contributed by atoms with Crippen molar-refractivity contribution in [3.8, 4) is 0 Å². The second-order valence-electron chi connectivity index (χ2n) is 7.61. The fraction of sp³-hybridized carbons (Fsp3) is 0.500. The molecular weight excluding hydrogens is 346 g/mol. The Morgan fingerprint density at radius 3 is 2.41 bits per heavy atom. The molecule has 1 aliphatic rings. The van der Waals surface area contributed by atoms with Crippen LogP contribution in [-0.2, 0) is 11.3 Å². The first-order valence-electron chi connectivity index (χ1n) is 9.37. The highest BCUT2D eigenvalue weighted by Gasteiger charge is 2.27. The minimum Gasteiger partial charge on any atom is -0.481 e. The second kappa shape index (κ2) is 7.90. The number of fused-ring (bicyclic) bond motifs is 1. The van der Waals surface area contributed by atoms with Crippen LogP contribution in [0, 0.1) is 11.8 Å². The Bertz CT molecular complexity index is 911.